The molecule has 1 fully saturated rings. The first-order chi connectivity index (χ1) is 9.78. The summed E-state index contributed by atoms with van der Waals surface area (Å²) in [5, 5.41) is 1.77. The fraction of sp³-hybridized carbons (Fsp3) is 0.438. The van der Waals surface area contributed by atoms with Gasteiger partial charge >= 0.3 is 0 Å². The lowest BCUT2D eigenvalue weighted by atomic mass is 10.1. The number of amides is 1. The maximum absolute atomic E-state index is 12.5. The van der Waals surface area contributed by atoms with Crippen LogP contribution in [0.15, 0.2) is 30.5 Å². The second-order valence-corrected chi connectivity index (χ2v) is 6.69. The van der Waals surface area contributed by atoms with Gasteiger partial charge in [-0.05, 0) is 18.1 Å². The Labute approximate surface area is 123 Å². The zero-order chi connectivity index (χ0) is 13.9. The van der Waals surface area contributed by atoms with E-state index in [1.54, 1.807) is 0 Å². The maximum atomic E-state index is 12.5. The zero-order valence-corrected chi connectivity index (χ0v) is 12.6. The van der Waals surface area contributed by atoms with Crippen molar-refractivity contribution in [1.29, 1.82) is 0 Å². The number of rotatable bonds is 3. The van der Waals surface area contributed by atoms with Gasteiger partial charge in [-0.1, -0.05) is 25.1 Å². The van der Waals surface area contributed by atoms with Crippen LogP contribution >= 0.6 is 11.8 Å². The van der Waals surface area contributed by atoms with E-state index in [-0.39, 0.29) is 5.91 Å². The number of hydrogen-bond donors (Lipinski definition) is 1. The average molecular weight is 288 g/mol. The quantitative estimate of drug-likeness (QED) is 0.942. The lowest BCUT2D eigenvalue weighted by Gasteiger charge is -2.32. The Morgan fingerprint density at radius 2 is 2.30 bits per heavy atom. The predicted octanol–water partition coefficient (Wildman–Crippen LogP) is 3.06. The van der Waals surface area contributed by atoms with Gasteiger partial charge in [-0.25, -0.2) is 0 Å². The molecule has 1 amide bonds. The molecule has 2 heterocycles. The van der Waals surface area contributed by atoms with E-state index in [0.29, 0.717) is 11.7 Å². The fourth-order valence-electron chi connectivity index (χ4n) is 2.75. The van der Waals surface area contributed by atoms with Crippen LogP contribution in [0.25, 0.3) is 10.9 Å². The fourth-order valence-corrected chi connectivity index (χ4v) is 3.93. The number of carbonyl (C=O) groups is 1. The summed E-state index contributed by atoms with van der Waals surface area (Å²) < 4.78 is 0. The van der Waals surface area contributed by atoms with Gasteiger partial charge < -0.3 is 9.88 Å². The Morgan fingerprint density at radius 3 is 3.15 bits per heavy atom. The number of nitrogens with one attached hydrogen (secondary N) is 1. The molecule has 20 heavy (non-hydrogen) atoms. The van der Waals surface area contributed by atoms with Gasteiger partial charge in [0.25, 0.3) is 0 Å². The van der Waals surface area contributed by atoms with Gasteiger partial charge in [-0.15, -0.1) is 0 Å². The monoisotopic (exact) mass is 288 g/mol. The summed E-state index contributed by atoms with van der Waals surface area (Å²) in [5.41, 5.74) is 2.22. The van der Waals surface area contributed by atoms with Crippen molar-refractivity contribution in [2.24, 2.45) is 0 Å². The summed E-state index contributed by atoms with van der Waals surface area (Å²) in [6, 6.07) is 8.16. The van der Waals surface area contributed by atoms with Crippen molar-refractivity contribution >= 4 is 28.6 Å². The summed E-state index contributed by atoms with van der Waals surface area (Å²) in [7, 11) is 0. The van der Waals surface area contributed by atoms with Gasteiger partial charge in [0, 0.05) is 41.2 Å². The van der Waals surface area contributed by atoms with E-state index >= 15 is 0 Å². The van der Waals surface area contributed by atoms with Crippen LogP contribution < -0.4 is 0 Å². The number of H-pyrrole nitrogens is 1. The number of carbonyl (C=O) groups excluding carboxylic acids is 1. The third-order valence-corrected chi connectivity index (χ3v) is 5.34. The van der Waals surface area contributed by atoms with Crippen LogP contribution in [0.4, 0.5) is 0 Å². The van der Waals surface area contributed by atoms with E-state index in [2.05, 4.69) is 18.0 Å². The Balaban J connectivity index is 1.72. The van der Waals surface area contributed by atoms with Crippen LogP contribution in [-0.4, -0.2) is 39.9 Å². The molecule has 106 valence electrons. The molecule has 4 heteroatoms. The summed E-state index contributed by atoms with van der Waals surface area (Å²) in [4.78, 5) is 17.7. The van der Waals surface area contributed by atoms with Crippen LogP contribution in [0.5, 0.6) is 0 Å². The van der Waals surface area contributed by atoms with E-state index in [0.717, 1.165) is 36.3 Å². The molecular formula is C16H20N2OS. The van der Waals surface area contributed by atoms with Crippen LogP contribution in [-0.2, 0) is 11.2 Å². The Morgan fingerprint density at radius 1 is 1.45 bits per heavy atom. The largest absolute Gasteiger partial charge is 0.361 e. The lowest BCUT2D eigenvalue weighted by molar-refractivity contribution is -0.130. The first-order valence-corrected chi connectivity index (χ1v) is 8.27. The zero-order valence-electron chi connectivity index (χ0n) is 11.8. The third kappa shape index (κ3) is 2.70. The number of benzene rings is 1. The van der Waals surface area contributed by atoms with Gasteiger partial charge in [0.1, 0.15) is 0 Å². The third-order valence-electron chi connectivity index (χ3n) is 3.96. The summed E-state index contributed by atoms with van der Waals surface area (Å²) >= 11 is 1.99. The number of aromatic nitrogens is 1. The predicted molar refractivity (Wildman–Crippen MR) is 85.1 cm³/mol. The van der Waals surface area contributed by atoms with Crippen molar-refractivity contribution in [2.45, 2.75) is 25.0 Å². The van der Waals surface area contributed by atoms with Crippen molar-refractivity contribution in [3.05, 3.63) is 36.0 Å². The van der Waals surface area contributed by atoms with Gasteiger partial charge in [0.2, 0.25) is 5.91 Å². The molecule has 1 aromatic heterocycles. The Bertz CT molecular complexity index is 607. The normalized spacial score (nSPS) is 19.4. The molecule has 0 radical (unpaired) electrons. The molecule has 1 aliphatic heterocycles. The van der Waals surface area contributed by atoms with E-state index in [1.165, 1.54) is 5.39 Å². The van der Waals surface area contributed by atoms with Crippen molar-refractivity contribution in [3.8, 4) is 0 Å². The minimum Gasteiger partial charge on any atom is -0.361 e. The smallest absolute Gasteiger partial charge is 0.227 e. The van der Waals surface area contributed by atoms with Crippen LogP contribution in [0.3, 0.4) is 0 Å². The van der Waals surface area contributed by atoms with E-state index in [9.17, 15) is 4.79 Å². The molecule has 1 aliphatic rings. The summed E-state index contributed by atoms with van der Waals surface area (Å²) in [6.07, 6.45) is 3.62. The van der Waals surface area contributed by atoms with Gasteiger partial charge in [-0.3, -0.25) is 4.79 Å². The van der Waals surface area contributed by atoms with Crippen LogP contribution in [0.1, 0.15) is 18.9 Å². The number of para-hydroxylation sites is 1. The molecule has 0 bridgehead atoms. The molecule has 0 aliphatic carbocycles. The molecule has 0 saturated carbocycles. The van der Waals surface area contributed by atoms with Crippen molar-refractivity contribution in [3.63, 3.8) is 0 Å². The molecule has 1 aromatic carbocycles. The molecule has 2 aromatic rings. The topological polar surface area (TPSA) is 36.1 Å². The van der Waals surface area contributed by atoms with Gasteiger partial charge in [0.15, 0.2) is 0 Å². The molecule has 3 nitrogen and oxygen atoms in total. The highest BCUT2D eigenvalue weighted by molar-refractivity contribution is 8.00. The highest BCUT2D eigenvalue weighted by Gasteiger charge is 2.23. The van der Waals surface area contributed by atoms with E-state index in [4.69, 9.17) is 0 Å². The molecule has 3 rings (SSSR count). The molecule has 1 N–H and O–H groups in total. The summed E-state index contributed by atoms with van der Waals surface area (Å²) in [5.74, 6) is 1.33. The number of thioether (sulfide) groups is 1. The van der Waals surface area contributed by atoms with Gasteiger partial charge in [-0.2, -0.15) is 11.8 Å². The number of aromatic amines is 1. The molecule has 1 atom stereocenters. The number of fused-ring (bicyclic) bond motifs is 1. The van der Waals surface area contributed by atoms with Crippen LogP contribution in [0, 0.1) is 0 Å². The molecular weight excluding hydrogens is 268 g/mol. The van der Waals surface area contributed by atoms with Crippen molar-refractivity contribution in [1.82, 2.24) is 9.88 Å². The molecule has 1 unspecified atom stereocenters. The van der Waals surface area contributed by atoms with E-state index < -0.39 is 0 Å². The first-order valence-electron chi connectivity index (χ1n) is 7.22. The number of hydrogen-bond acceptors (Lipinski definition) is 2. The maximum Gasteiger partial charge on any atom is 0.227 e. The van der Waals surface area contributed by atoms with Crippen molar-refractivity contribution < 1.29 is 4.79 Å². The SMILES string of the molecule is CCC1CN(C(=O)Cc2c[nH]c3ccccc23)CCS1. The Kier molecular flexibility index (Phi) is 4.01. The second kappa shape index (κ2) is 5.92. The highest BCUT2D eigenvalue weighted by atomic mass is 32.2. The second-order valence-electron chi connectivity index (χ2n) is 5.28. The van der Waals surface area contributed by atoms with Crippen molar-refractivity contribution in [2.75, 3.05) is 18.8 Å². The average Bonchev–Trinajstić information content (AvgIpc) is 2.90. The van der Waals surface area contributed by atoms with Crippen LogP contribution in [0.2, 0.25) is 0 Å². The lowest BCUT2D eigenvalue weighted by Crippen LogP contribution is -2.42. The Hall–Kier alpha value is -1.42. The summed E-state index contributed by atoms with van der Waals surface area (Å²) in [6.45, 7) is 4.00. The van der Waals surface area contributed by atoms with Gasteiger partial charge in [0.05, 0.1) is 6.42 Å². The standard InChI is InChI=1S/C16H20N2OS/c1-2-13-11-18(7-8-20-13)16(19)9-12-10-17-15-6-4-3-5-14(12)15/h3-6,10,13,17H,2,7-9,11H2,1H3. The highest BCUT2D eigenvalue weighted by Crippen LogP contribution is 2.23. The van der Waals surface area contributed by atoms with E-state index in [1.807, 2.05) is 41.1 Å². The first kappa shape index (κ1) is 13.6. The minimum absolute atomic E-state index is 0.258. The minimum atomic E-state index is 0.258. The molecule has 1 saturated heterocycles. The number of nitrogens with zero attached hydrogens (tertiary/aromatic N) is 1. The molecule has 0 spiro atoms.